The largest absolute Gasteiger partial charge is 0.472 e. The molecule has 1 amide bonds. The minimum absolute atomic E-state index is 0.0363. The summed E-state index contributed by atoms with van der Waals surface area (Å²) in [7, 11) is 0. The van der Waals surface area contributed by atoms with Crippen LogP contribution < -0.4 is 4.74 Å². The molecule has 0 spiro atoms. The van der Waals surface area contributed by atoms with E-state index in [4.69, 9.17) is 9.47 Å². The van der Waals surface area contributed by atoms with E-state index < -0.39 is 0 Å². The van der Waals surface area contributed by atoms with Crippen LogP contribution in [-0.4, -0.2) is 48.2 Å². The molecule has 0 bridgehead atoms. The van der Waals surface area contributed by atoms with Crippen molar-refractivity contribution in [2.45, 2.75) is 39.2 Å². The summed E-state index contributed by atoms with van der Waals surface area (Å²) in [6.45, 7) is 6.99. The maximum Gasteiger partial charge on any atom is 0.255 e. The van der Waals surface area contributed by atoms with Crippen LogP contribution >= 0.6 is 0 Å². The minimum Gasteiger partial charge on any atom is -0.472 e. The topological polar surface area (TPSA) is 51.7 Å². The fourth-order valence-electron chi connectivity index (χ4n) is 2.29. The summed E-state index contributed by atoms with van der Waals surface area (Å²) in [5, 5.41) is 0. The average molecular weight is 292 g/mol. The molecule has 1 fully saturated rings. The Morgan fingerprint density at radius 1 is 1.48 bits per heavy atom. The quantitative estimate of drug-likeness (QED) is 0.775. The van der Waals surface area contributed by atoms with Crippen LogP contribution in [0.4, 0.5) is 0 Å². The van der Waals surface area contributed by atoms with E-state index in [1.54, 1.807) is 18.3 Å². The number of pyridine rings is 1. The van der Waals surface area contributed by atoms with E-state index >= 15 is 0 Å². The number of aromatic nitrogens is 1. The van der Waals surface area contributed by atoms with Gasteiger partial charge in [-0.25, -0.2) is 4.98 Å². The van der Waals surface area contributed by atoms with E-state index in [1.807, 2.05) is 11.8 Å². The number of hydrogen-bond donors (Lipinski definition) is 0. The lowest BCUT2D eigenvalue weighted by atomic mass is 10.2. The zero-order chi connectivity index (χ0) is 15.1. The lowest BCUT2D eigenvalue weighted by Crippen LogP contribution is -2.31. The first kappa shape index (κ1) is 15.8. The second kappa shape index (κ2) is 7.98. The highest BCUT2D eigenvalue weighted by atomic mass is 16.5. The van der Waals surface area contributed by atoms with Crippen molar-refractivity contribution in [3.63, 3.8) is 0 Å². The summed E-state index contributed by atoms with van der Waals surface area (Å²) in [6, 6.07) is 3.55. The fourth-order valence-corrected chi connectivity index (χ4v) is 2.29. The minimum atomic E-state index is 0.0363. The van der Waals surface area contributed by atoms with E-state index in [2.05, 4.69) is 11.9 Å². The van der Waals surface area contributed by atoms with Crippen molar-refractivity contribution >= 4 is 5.91 Å². The summed E-state index contributed by atoms with van der Waals surface area (Å²) in [6.07, 6.45) is 4.68. The van der Waals surface area contributed by atoms with Gasteiger partial charge in [-0.2, -0.15) is 0 Å². The molecule has 21 heavy (non-hydrogen) atoms. The molecule has 5 nitrogen and oxygen atoms in total. The maximum absolute atomic E-state index is 12.4. The van der Waals surface area contributed by atoms with E-state index in [0.29, 0.717) is 18.1 Å². The Morgan fingerprint density at radius 2 is 2.33 bits per heavy atom. The van der Waals surface area contributed by atoms with Crippen molar-refractivity contribution in [1.82, 2.24) is 9.88 Å². The van der Waals surface area contributed by atoms with Crippen molar-refractivity contribution in [2.75, 3.05) is 26.3 Å². The Labute approximate surface area is 126 Å². The van der Waals surface area contributed by atoms with Crippen molar-refractivity contribution in [2.24, 2.45) is 0 Å². The highest BCUT2D eigenvalue weighted by Gasteiger charge is 2.18. The number of unbranched alkanes of at least 4 members (excludes halogenated alkanes) is 1. The molecule has 1 saturated heterocycles. The smallest absolute Gasteiger partial charge is 0.255 e. The van der Waals surface area contributed by atoms with Gasteiger partial charge in [-0.05, 0) is 19.4 Å². The van der Waals surface area contributed by atoms with Gasteiger partial charge >= 0.3 is 0 Å². The molecule has 1 aliphatic heterocycles. The van der Waals surface area contributed by atoms with Crippen LogP contribution in [0.2, 0.25) is 0 Å². The zero-order valence-electron chi connectivity index (χ0n) is 12.9. The van der Waals surface area contributed by atoms with Crippen molar-refractivity contribution in [1.29, 1.82) is 0 Å². The molecule has 1 unspecified atom stereocenters. The molecule has 0 aromatic carbocycles. The van der Waals surface area contributed by atoms with Crippen LogP contribution in [0.25, 0.3) is 0 Å². The van der Waals surface area contributed by atoms with Gasteiger partial charge in [0, 0.05) is 31.8 Å². The molecule has 1 aromatic heterocycles. The molecule has 0 N–H and O–H groups in total. The number of hydrogen-bond acceptors (Lipinski definition) is 4. The Morgan fingerprint density at radius 3 is 2.90 bits per heavy atom. The number of rotatable bonds is 7. The van der Waals surface area contributed by atoms with Gasteiger partial charge in [-0.3, -0.25) is 4.79 Å². The van der Waals surface area contributed by atoms with Crippen LogP contribution in [0.1, 0.15) is 43.5 Å². The van der Waals surface area contributed by atoms with Crippen LogP contribution in [0, 0.1) is 0 Å². The maximum atomic E-state index is 12.4. The second-order valence-electron chi connectivity index (χ2n) is 5.23. The van der Waals surface area contributed by atoms with Crippen molar-refractivity contribution in [3.05, 3.63) is 23.9 Å². The van der Waals surface area contributed by atoms with Gasteiger partial charge in [-0.1, -0.05) is 13.3 Å². The lowest BCUT2D eigenvalue weighted by Gasteiger charge is -2.20. The predicted molar refractivity (Wildman–Crippen MR) is 80.6 cm³/mol. The molecule has 0 radical (unpaired) electrons. The average Bonchev–Trinajstić information content (AvgIpc) is 3.01. The number of carbonyl (C=O) groups is 1. The number of ether oxygens (including phenoxy) is 2. The summed E-state index contributed by atoms with van der Waals surface area (Å²) >= 11 is 0. The first-order valence-electron chi connectivity index (χ1n) is 7.74. The Bertz CT molecular complexity index is 441. The zero-order valence-corrected chi connectivity index (χ0v) is 12.9. The monoisotopic (exact) mass is 292 g/mol. The molecule has 5 heteroatoms. The predicted octanol–water partition coefficient (Wildman–Crippen LogP) is 2.51. The molecule has 2 heterocycles. The Kier molecular flexibility index (Phi) is 5.99. The van der Waals surface area contributed by atoms with Crippen LogP contribution in [-0.2, 0) is 4.74 Å². The van der Waals surface area contributed by atoms with E-state index in [0.717, 1.165) is 39.0 Å². The fraction of sp³-hybridized carbons (Fsp3) is 0.625. The van der Waals surface area contributed by atoms with Gasteiger partial charge in [0.05, 0.1) is 18.8 Å². The normalized spacial score (nSPS) is 17.7. The summed E-state index contributed by atoms with van der Waals surface area (Å²) in [5.41, 5.74) is 0.614. The van der Waals surface area contributed by atoms with E-state index in [9.17, 15) is 4.79 Å². The molecule has 116 valence electrons. The third-order valence-corrected chi connectivity index (χ3v) is 3.61. The SMILES string of the molecule is CCCCN(CC)C(=O)c1ccc(OC2CCOC2)nc1. The highest BCUT2D eigenvalue weighted by molar-refractivity contribution is 5.93. The van der Waals surface area contributed by atoms with Crippen LogP contribution in [0.3, 0.4) is 0 Å². The van der Waals surface area contributed by atoms with Gasteiger partial charge in [0.15, 0.2) is 0 Å². The van der Waals surface area contributed by atoms with Crippen LogP contribution in [0.5, 0.6) is 5.88 Å². The first-order valence-corrected chi connectivity index (χ1v) is 7.74. The summed E-state index contributed by atoms with van der Waals surface area (Å²) < 4.78 is 11.0. The number of amides is 1. The first-order chi connectivity index (χ1) is 10.2. The van der Waals surface area contributed by atoms with E-state index in [1.165, 1.54) is 0 Å². The molecular formula is C16H24N2O3. The second-order valence-corrected chi connectivity index (χ2v) is 5.23. The third kappa shape index (κ3) is 4.43. The number of nitrogens with zero attached hydrogens (tertiary/aromatic N) is 2. The molecule has 1 atom stereocenters. The Balaban J connectivity index is 1.94. The third-order valence-electron chi connectivity index (χ3n) is 3.61. The summed E-state index contributed by atoms with van der Waals surface area (Å²) in [4.78, 5) is 18.5. The summed E-state index contributed by atoms with van der Waals surface area (Å²) in [5.74, 6) is 0.591. The van der Waals surface area contributed by atoms with Gasteiger partial charge in [-0.15, -0.1) is 0 Å². The molecule has 0 saturated carbocycles. The molecule has 1 aromatic rings. The lowest BCUT2D eigenvalue weighted by molar-refractivity contribution is 0.0761. The Hall–Kier alpha value is -1.62. The molecule has 2 rings (SSSR count). The van der Waals surface area contributed by atoms with Crippen molar-refractivity contribution in [3.8, 4) is 5.88 Å². The molecule has 1 aliphatic rings. The van der Waals surface area contributed by atoms with Gasteiger partial charge < -0.3 is 14.4 Å². The van der Waals surface area contributed by atoms with Gasteiger partial charge in [0.2, 0.25) is 5.88 Å². The molecule has 0 aliphatic carbocycles. The highest BCUT2D eigenvalue weighted by Crippen LogP contribution is 2.15. The molecular weight excluding hydrogens is 268 g/mol. The van der Waals surface area contributed by atoms with Crippen LogP contribution in [0.15, 0.2) is 18.3 Å². The van der Waals surface area contributed by atoms with Gasteiger partial charge in [0.25, 0.3) is 5.91 Å². The number of carbonyl (C=O) groups excluding carboxylic acids is 1. The van der Waals surface area contributed by atoms with Gasteiger partial charge in [0.1, 0.15) is 6.10 Å². The van der Waals surface area contributed by atoms with E-state index in [-0.39, 0.29) is 12.0 Å². The van der Waals surface area contributed by atoms with Crippen molar-refractivity contribution < 1.29 is 14.3 Å². The standard InChI is InChI=1S/C16H24N2O3/c1-3-5-9-18(4-2)16(19)13-6-7-15(17-11-13)21-14-8-10-20-12-14/h6-7,11,14H,3-5,8-10,12H2,1-2H3.